The molecule has 1 rings (SSSR count). The predicted octanol–water partition coefficient (Wildman–Crippen LogP) is 3.86. The van der Waals surface area contributed by atoms with Crippen molar-refractivity contribution in [2.75, 3.05) is 6.54 Å². The molecule has 1 aliphatic carbocycles. The average Bonchev–Trinajstić information content (AvgIpc) is 2.61. The molecule has 3 nitrogen and oxygen atoms in total. The van der Waals surface area contributed by atoms with E-state index in [1.165, 1.54) is 0 Å². The van der Waals surface area contributed by atoms with Gasteiger partial charge in [0.05, 0.1) is 13.1 Å². The van der Waals surface area contributed by atoms with Crippen molar-refractivity contribution in [3.63, 3.8) is 0 Å². The summed E-state index contributed by atoms with van der Waals surface area (Å²) in [5.41, 5.74) is 0. The van der Waals surface area contributed by atoms with E-state index < -0.39 is 27.3 Å². The first-order valence-corrected chi connectivity index (χ1v) is 14.4. The summed E-state index contributed by atoms with van der Waals surface area (Å²) < 4.78 is 2.62. The van der Waals surface area contributed by atoms with Gasteiger partial charge in [0.25, 0.3) is 0 Å². The third-order valence-electron chi connectivity index (χ3n) is 4.98. The first kappa shape index (κ1) is 16.9. The van der Waals surface area contributed by atoms with Crippen LogP contribution in [0, 0.1) is 0 Å². The van der Waals surface area contributed by atoms with Crippen LogP contribution < -0.4 is 0 Å². The number of nitrogens with zero attached hydrogens (tertiary/aromatic N) is 1. The zero-order chi connectivity index (χ0) is 15.1. The van der Waals surface area contributed by atoms with Crippen molar-refractivity contribution in [2.45, 2.75) is 76.5 Å². The van der Waals surface area contributed by atoms with Crippen LogP contribution in [0.15, 0.2) is 0 Å². The molecule has 2 atom stereocenters. The molecule has 0 amide bonds. The Morgan fingerprint density at radius 2 is 1.79 bits per heavy atom. The van der Waals surface area contributed by atoms with Crippen molar-refractivity contribution in [1.82, 2.24) is 4.57 Å². The summed E-state index contributed by atoms with van der Waals surface area (Å²) in [6.45, 7) is 17.0. The third-order valence-corrected chi connectivity index (χ3v) is 10.9. The molecule has 0 aromatic carbocycles. The normalized spacial score (nSPS) is 28.9. The van der Waals surface area contributed by atoms with E-state index in [0.717, 1.165) is 25.8 Å². The van der Waals surface area contributed by atoms with Gasteiger partial charge in [-0.1, -0.05) is 46.2 Å². The second-order valence-electron chi connectivity index (χ2n) is 7.99. The Balaban J connectivity index is 3.01. The van der Waals surface area contributed by atoms with Crippen LogP contribution in [0.25, 0.3) is 0 Å². The van der Waals surface area contributed by atoms with Crippen LogP contribution >= 0.6 is 0 Å². The van der Waals surface area contributed by atoms with Gasteiger partial charge >= 0.3 is 5.97 Å². The lowest BCUT2D eigenvalue weighted by Crippen LogP contribution is -2.52. The molecular weight excluding hydrogens is 270 g/mol. The van der Waals surface area contributed by atoms with E-state index in [9.17, 15) is 9.90 Å². The standard InChI is InChI=1S/C14H31NO2Si2/c1-8-15(19(5,6)7)12-9-10-14(11-12,13(16)17)18(2,3)4/h12H,8-11H2,1-7H3,(H,16,17). The van der Waals surface area contributed by atoms with Crippen LogP contribution in [0.1, 0.15) is 26.2 Å². The van der Waals surface area contributed by atoms with Gasteiger partial charge < -0.3 is 9.67 Å². The molecule has 1 saturated carbocycles. The van der Waals surface area contributed by atoms with Crippen molar-refractivity contribution in [3.05, 3.63) is 0 Å². The fourth-order valence-electron chi connectivity index (χ4n) is 3.76. The number of hydrogen-bond donors (Lipinski definition) is 1. The summed E-state index contributed by atoms with van der Waals surface area (Å²) >= 11 is 0. The summed E-state index contributed by atoms with van der Waals surface area (Å²) in [6, 6.07) is 0.486. The van der Waals surface area contributed by atoms with Gasteiger partial charge in [-0.25, -0.2) is 0 Å². The van der Waals surface area contributed by atoms with Gasteiger partial charge in [-0.05, 0) is 25.8 Å². The quantitative estimate of drug-likeness (QED) is 0.784. The van der Waals surface area contributed by atoms with Gasteiger partial charge in [0, 0.05) is 6.04 Å². The number of rotatable bonds is 5. The fourth-order valence-corrected chi connectivity index (χ4v) is 8.41. The fraction of sp³-hybridized carbons (Fsp3) is 0.929. The lowest BCUT2D eigenvalue weighted by Gasteiger charge is -2.41. The van der Waals surface area contributed by atoms with Crippen LogP contribution in [0.3, 0.4) is 0 Å². The topological polar surface area (TPSA) is 40.5 Å². The summed E-state index contributed by atoms with van der Waals surface area (Å²) in [5.74, 6) is -0.541. The number of aliphatic carboxylic acids is 1. The zero-order valence-electron chi connectivity index (χ0n) is 13.7. The highest BCUT2D eigenvalue weighted by molar-refractivity contribution is 6.82. The molecule has 5 heteroatoms. The van der Waals surface area contributed by atoms with Gasteiger partial charge in [-0.3, -0.25) is 4.79 Å². The van der Waals surface area contributed by atoms with Crippen LogP contribution in [-0.2, 0) is 4.79 Å². The van der Waals surface area contributed by atoms with Gasteiger partial charge in [-0.15, -0.1) is 0 Å². The lowest BCUT2D eigenvalue weighted by atomic mass is 10.1. The van der Waals surface area contributed by atoms with E-state index in [-0.39, 0.29) is 0 Å². The molecule has 112 valence electrons. The van der Waals surface area contributed by atoms with Crippen molar-refractivity contribution < 1.29 is 9.90 Å². The van der Waals surface area contributed by atoms with Crippen LogP contribution in [0.2, 0.25) is 44.3 Å². The third kappa shape index (κ3) is 3.14. The number of carboxylic acids is 1. The minimum atomic E-state index is -1.71. The molecule has 1 N–H and O–H groups in total. The maximum absolute atomic E-state index is 11.9. The SMILES string of the molecule is CCN(C1CCC(C(=O)O)([Si](C)(C)C)C1)[Si](C)(C)C. The molecule has 0 spiro atoms. The molecule has 19 heavy (non-hydrogen) atoms. The van der Waals surface area contributed by atoms with Crippen molar-refractivity contribution >= 4 is 22.3 Å². The first-order chi connectivity index (χ1) is 8.45. The van der Waals surface area contributed by atoms with E-state index in [0.29, 0.717) is 6.04 Å². The molecule has 0 saturated heterocycles. The molecular formula is C14H31NO2Si2. The van der Waals surface area contributed by atoms with Crippen LogP contribution in [-0.4, -0.2) is 44.5 Å². The van der Waals surface area contributed by atoms with E-state index in [1.807, 2.05) is 0 Å². The summed E-state index contributed by atoms with van der Waals surface area (Å²) in [7, 11) is -3.06. The Morgan fingerprint density at radius 3 is 2.05 bits per heavy atom. The number of hydrogen-bond acceptors (Lipinski definition) is 2. The van der Waals surface area contributed by atoms with Crippen molar-refractivity contribution in [3.8, 4) is 0 Å². The molecule has 1 fully saturated rings. The molecule has 0 heterocycles. The maximum atomic E-state index is 11.9. The van der Waals surface area contributed by atoms with Gasteiger partial charge in [0.1, 0.15) is 8.24 Å². The Morgan fingerprint density at radius 1 is 1.26 bits per heavy atom. The highest BCUT2D eigenvalue weighted by atomic mass is 28.3. The van der Waals surface area contributed by atoms with E-state index >= 15 is 0 Å². The molecule has 0 aromatic heterocycles. The average molecular weight is 302 g/mol. The largest absolute Gasteiger partial charge is 0.481 e. The number of carbonyl (C=O) groups is 1. The Bertz CT molecular complexity index is 346. The maximum Gasteiger partial charge on any atom is 0.306 e. The molecule has 0 bridgehead atoms. The van der Waals surface area contributed by atoms with Gasteiger partial charge in [0.2, 0.25) is 0 Å². The second kappa shape index (κ2) is 5.33. The van der Waals surface area contributed by atoms with Gasteiger partial charge in [-0.2, -0.15) is 0 Å². The minimum Gasteiger partial charge on any atom is -0.481 e. The Labute approximate surface area is 120 Å². The second-order valence-corrected chi connectivity index (χ2v) is 18.4. The predicted molar refractivity (Wildman–Crippen MR) is 87.0 cm³/mol. The summed E-state index contributed by atoms with van der Waals surface area (Å²) in [4.78, 5) is 11.9. The Hall–Kier alpha value is -0.136. The first-order valence-electron chi connectivity index (χ1n) is 7.46. The molecule has 2 unspecified atom stereocenters. The van der Waals surface area contributed by atoms with Gasteiger partial charge in [0.15, 0.2) is 0 Å². The highest BCUT2D eigenvalue weighted by Crippen LogP contribution is 2.54. The van der Waals surface area contributed by atoms with E-state index in [2.05, 4.69) is 50.8 Å². The molecule has 0 aromatic rings. The summed E-state index contributed by atoms with van der Waals surface area (Å²) in [5, 5.41) is 9.39. The monoisotopic (exact) mass is 301 g/mol. The smallest absolute Gasteiger partial charge is 0.306 e. The van der Waals surface area contributed by atoms with Crippen molar-refractivity contribution in [2.24, 2.45) is 0 Å². The lowest BCUT2D eigenvalue weighted by molar-refractivity contribution is -0.140. The van der Waals surface area contributed by atoms with E-state index in [4.69, 9.17) is 0 Å². The summed E-state index contributed by atoms with van der Waals surface area (Å²) in [6.07, 6.45) is 2.81. The number of carboxylic acid groups (broad SMARTS) is 1. The molecule has 0 radical (unpaired) electrons. The molecule has 1 aliphatic rings. The zero-order valence-corrected chi connectivity index (χ0v) is 15.7. The highest BCUT2D eigenvalue weighted by Gasteiger charge is 2.55. The Kier molecular flexibility index (Phi) is 4.75. The van der Waals surface area contributed by atoms with E-state index in [1.54, 1.807) is 0 Å². The minimum absolute atomic E-state index is 0.412. The van der Waals surface area contributed by atoms with Crippen molar-refractivity contribution in [1.29, 1.82) is 0 Å². The van der Waals surface area contributed by atoms with Crippen LogP contribution in [0.5, 0.6) is 0 Å². The van der Waals surface area contributed by atoms with Crippen LogP contribution in [0.4, 0.5) is 0 Å². The molecule has 0 aliphatic heterocycles.